The number of aromatic nitrogens is 2. The van der Waals surface area contributed by atoms with Crippen molar-refractivity contribution in [3.05, 3.63) is 24.0 Å². The van der Waals surface area contributed by atoms with Crippen molar-refractivity contribution in [3.63, 3.8) is 0 Å². The van der Waals surface area contributed by atoms with Crippen molar-refractivity contribution in [1.82, 2.24) is 14.7 Å². The van der Waals surface area contributed by atoms with Crippen molar-refractivity contribution in [2.24, 2.45) is 0 Å². The van der Waals surface area contributed by atoms with Gasteiger partial charge in [-0.1, -0.05) is 20.4 Å². The third kappa shape index (κ3) is 3.20. The summed E-state index contributed by atoms with van der Waals surface area (Å²) in [5.41, 5.74) is 2.38. The molecule has 0 aliphatic heterocycles. The molecule has 0 atom stereocenters. The third-order valence-electron chi connectivity index (χ3n) is 2.41. The van der Waals surface area contributed by atoms with E-state index in [1.165, 1.54) is 5.69 Å². The second-order valence-corrected chi connectivity index (χ2v) is 4.40. The fourth-order valence-corrected chi connectivity index (χ4v) is 1.42. The summed E-state index contributed by atoms with van der Waals surface area (Å²) in [4.78, 5) is 2.18. The molecule has 1 heterocycles. The standard InChI is InChI=1S/C12H21N3/c1-6-15-11(7-8-14(4)5)9-12(13-15)10(2)3/h6,9-10H,1,7-8H2,2-5H3. The predicted molar refractivity (Wildman–Crippen MR) is 65.0 cm³/mol. The van der Waals surface area contributed by atoms with E-state index in [1.54, 1.807) is 6.20 Å². The van der Waals surface area contributed by atoms with E-state index in [2.05, 4.69) is 50.6 Å². The fourth-order valence-electron chi connectivity index (χ4n) is 1.42. The average Bonchev–Trinajstić information content (AvgIpc) is 2.57. The molecule has 0 radical (unpaired) electrons. The molecule has 0 bridgehead atoms. The van der Waals surface area contributed by atoms with E-state index in [0.29, 0.717) is 5.92 Å². The first-order chi connectivity index (χ1) is 7.04. The molecule has 0 aliphatic carbocycles. The van der Waals surface area contributed by atoms with Gasteiger partial charge in [0.05, 0.1) is 5.69 Å². The van der Waals surface area contributed by atoms with Gasteiger partial charge in [0.1, 0.15) is 0 Å². The Kier molecular flexibility index (Phi) is 4.09. The van der Waals surface area contributed by atoms with Crippen LogP contribution >= 0.6 is 0 Å². The molecular weight excluding hydrogens is 186 g/mol. The molecule has 3 nitrogen and oxygen atoms in total. The van der Waals surface area contributed by atoms with Crippen molar-refractivity contribution in [2.75, 3.05) is 20.6 Å². The van der Waals surface area contributed by atoms with E-state index in [1.807, 2.05) is 4.68 Å². The maximum atomic E-state index is 4.49. The Bertz CT molecular complexity index is 324. The lowest BCUT2D eigenvalue weighted by Crippen LogP contribution is -2.16. The molecule has 0 spiro atoms. The van der Waals surface area contributed by atoms with E-state index in [4.69, 9.17) is 0 Å². The molecule has 0 amide bonds. The van der Waals surface area contributed by atoms with Crippen LogP contribution in [0.1, 0.15) is 31.2 Å². The molecule has 3 heteroatoms. The number of likely N-dealkylation sites (N-methyl/N-ethyl adjacent to an activating group) is 1. The summed E-state index contributed by atoms with van der Waals surface area (Å²) in [5, 5.41) is 4.49. The Morgan fingerprint density at radius 3 is 2.67 bits per heavy atom. The van der Waals surface area contributed by atoms with Crippen LogP contribution in [0.2, 0.25) is 0 Å². The molecule has 1 aromatic rings. The lowest BCUT2D eigenvalue weighted by atomic mass is 10.1. The smallest absolute Gasteiger partial charge is 0.0657 e. The number of rotatable bonds is 5. The van der Waals surface area contributed by atoms with Crippen LogP contribution in [0.5, 0.6) is 0 Å². The third-order valence-corrected chi connectivity index (χ3v) is 2.41. The van der Waals surface area contributed by atoms with Crippen molar-refractivity contribution in [2.45, 2.75) is 26.2 Å². The van der Waals surface area contributed by atoms with Crippen molar-refractivity contribution < 1.29 is 0 Å². The van der Waals surface area contributed by atoms with Gasteiger partial charge in [-0.05, 0) is 26.1 Å². The number of nitrogens with zero attached hydrogens (tertiary/aromatic N) is 3. The quantitative estimate of drug-likeness (QED) is 0.738. The minimum Gasteiger partial charge on any atom is -0.309 e. The zero-order valence-corrected chi connectivity index (χ0v) is 10.2. The molecule has 84 valence electrons. The Morgan fingerprint density at radius 1 is 1.53 bits per heavy atom. The molecule has 0 unspecified atom stereocenters. The Labute approximate surface area is 92.4 Å². The topological polar surface area (TPSA) is 21.1 Å². The lowest BCUT2D eigenvalue weighted by molar-refractivity contribution is 0.410. The zero-order valence-electron chi connectivity index (χ0n) is 10.2. The van der Waals surface area contributed by atoms with Gasteiger partial charge < -0.3 is 4.90 Å². The Hall–Kier alpha value is -1.09. The molecule has 0 saturated heterocycles. The van der Waals surface area contributed by atoms with Crippen molar-refractivity contribution in [1.29, 1.82) is 0 Å². The molecule has 0 N–H and O–H groups in total. The summed E-state index contributed by atoms with van der Waals surface area (Å²) in [6, 6.07) is 2.18. The summed E-state index contributed by atoms with van der Waals surface area (Å²) in [6.45, 7) is 9.13. The van der Waals surface area contributed by atoms with E-state index in [-0.39, 0.29) is 0 Å². The SMILES string of the molecule is C=Cn1nc(C(C)C)cc1CCN(C)C. The maximum absolute atomic E-state index is 4.49. The summed E-state index contributed by atoms with van der Waals surface area (Å²) >= 11 is 0. The van der Waals surface area contributed by atoms with E-state index in [0.717, 1.165) is 18.7 Å². The molecule has 1 rings (SSSR count). The molecule has 0 aromatic carbocycles. The van der Waals surface area contributed by atoms with E-state index >= 15 is 0 Å². The van der Waals surface area contributed by atoms with Gasteiger partial charge in [-0.3, -0.25) is 0 Å². The summed E-state index contributed by atoms with van der Waals surface area (Å²) < 4.78 is 1.89. The van der Waals surface area contributed by atoms with Crippen LogP contribution in [0.25, 0.3) is 6.20 Å². The van der Waals surface area contributed by atoms with Crippen LogP contribution in [0.15, 0.2) is 12.6 Å². The first kappa shape index (κ1) is 12.0. The summed E-state index contributed by atoms with van der Waals surface area (Å²) in [7, 11) is 4.16. The van der Waals surface area contributed by atoms with E-state index < -0.39 is 0 Å². The van der Waals surface area contributed by atoms with E-state index in [9.17, 15) is 0 Å². The number of hydrogen-bond donors (Lipinski definition) is 0. The zero-order chi connectivity index (χ0) is 11.4. The van der Waals surface area contributed by atoms with Gasteiger partial charge in [-0.2, -0.15) is 5.10 Å². The fraction of sp³-hybridized carbons (Fsp3) is 0.583. The Morgan fingerprint density at radius 2 is 2.20 bits per heavy atom. The second-order valence-electron chi connectivity index (χ2n) is 4.40. The highest BCUT2D eigenvalue weighted by Gasteiger charge is 2.08. The second kappa shape index (κ2) is 5.12. The van der Waals surface area contributed by atoms with Gasteiger partial charge in [0.15, 0.2) is 0 Å². The molecule has 15 heavy (non-hydrogen) atoms. The van der Waals surface area contributed by atoms with Crippen LogP contribution in [0.3, 0.4) is 0 Å². The lowest BCUT2D eigenvalue weighted by Gasteiger charge is -2.08. The van der Waals surface area contributed by atoms with Crippen LogP contribution in [0, 0.1) is 0 Å². The van der Waals surface area contributed by atoms with Crippen molar-refractivity contribution in [3.8, 4) is 0 Å². The van der Waals surface area contributed by atoms with Gasteiger partial charge in [0.2, 0.25) is 0 Å². The first-order valence-corrected chi connectivity index (χ1v) is 5.40. The minimum absolute atomic E-state index is 0.476. The summed E-state index contributed by atoms with van der Waals surface area (Å²) in [6.07, 6.45) is 2.79. The van der Waals surface area contributed by atoms with Crippen LogP contribution < -0.4 is 0 Å². The van der Waals surface area contributed by atoms with Crippen LogP contribution in [0.4, 0.5) is 0 Å². The van der Waals surface area contributed by atoms with Crippen LogP contribution in [-0.2, 0) is 6.42 Å². The van der Waals surface area contributed by atoms with Gasteiger partial charge >= 0.3 is 0 Å². The highest BCUT2D eigenvalue weighted by Crippen LogP contribution is 2.15. The maximum Gasteiger partial charge on any atom is 0.0657 e. The van der Waals surface area contributed by atoms with Crippen LogP contribution in [-0.4, -0.2) is 35.3 Å². The Balaban J connectivity index is 2.81. The summed E-state index contributed by atoms with van der Waals surface area (Å²) in [5.74, 6) is 0.476. The minimum atomic E-state index is 0.476. The van der Waals surface area contributed by atoms with Crippen molar-refractivity contribution >= 4 is 6.20 Å². The van der Waals surface area contributed by atoms with Gasteiger partial charge in [0.25, 0.3) is 0 Å². The highest BCUT2D eigenvalue weighted by atomic mass is 15.3. The monoisotopic (exact) mass is 207 g/mol. The van der Waals surface area contributed by atoms with Gasteiger partial charge in [-0.15, -0.1) is 0 Å². The first-order valence-electron chi connectivity index (χ1n) is 5.40. The molecular formula is C12H21N3. The highest BCUT2D eigenvalue weighted by molar-refractivity contribution is 5.24. The molecule has 0 fully saturated rings. The average molecular weight is 207 g/mol. The van der Waals surface area contributed by atoms with Gasteiger partial charge in [-0.25, -0.2) is 4.68 Å². The normalized spacial score (nSPS) is 11.3. The van der Waals surface area contributed by atoms with Gasteiger partial charge in [0, 0.05) is 24.9 Å². The largest absolute Gasteiger partial charge is 0.309 e. The predicted octanol–water partition coefficient (Wildman–Crippen LogP) is 2.21. The molecule has 0 saturated carbocycles. The molecule has 0 aliphatic rings. The molecule has 1 aromatic heterocycles. The number of hydrogen-bond acceptors (Lipinski definition) is 2.